The van der Waals surface area contributed by atoms with Gasteiger partial charge in [0.1, 0.15) is 5.60 Å². The largest absolute Gasteiger partial charge is 0.458 e. The number of allylic oxidation sites excluding steroid dienone is 4. The zero-order chi connectivity index (χ0) is 19.5. The second-order valence-corrected chi connectivity index (χ2v) is 10.6. The summed E-state index contributed by atoms with van der Waals surface area (Å²) in [5, 5.41) is 10.1. The zero-order valence-corrected chi connectivity index (χ0v) is 16.7. The van der Waals surface area contributed by atoms with Crippen molar-refractivity contribution in [3.8, 4) is 6.07 Å². The van der Waals surface area contributed by atoms with Gasteiger partial charge in [0.15, 0.2) is 5.78 Å². The lowest BCUT2D eigenvalue weighted by atomic mass is 9.47. The van der Waals surface area contributed by atoms with E-state index in [2.05, 4.69) is 26.0 Å². The third-order valence-electron chi connectivity index (χ3n) is 9.68. The van der Waals surface area contributed by atoms with Gasteiger partial charge >= 0.3 is 5.97 Å². The molecule has 4 fully saturated rings. The Kier molecular flexibility index (Phi) is 3.03. The number of nitriles is 1. The molecule has 0 aromatic rings. The Morgan fingerprint density at radius 1 is 1.21 bits per heavy atom. The molecular weight excluding hydrogens is 350 g/mol. The molecule has 1 saturated heterocycles. The summed E-state index contributed by atoms with van der Waals surface area (Å²) in [5.74, 6) is 1.83. The van der Waals surface area contributed by atoms with E-state index in [4.69, 9.17) is 4.74 Å². The number of hydrogen-bond acceptors (Lipinski definition) is 4. The Balaban J connectivity index is 1.50. The van der Waals surface area contributed by atoms with Crippen LogP contribution in [0.25, 0.3) is 0 Å². The molecule has 3 saturated carbocycles. The van der Waals surface area contributed by atoms with Crippen molar-refractivity contribution >= 4 is 11.8 Å². The molecule has 0 amide bonds. The quantitative estimate of drug-likeness (QED) is 0.470. The fourth-order valence-electron chi connectivity index (χ4n) is 8.33. The van der Waals surface area contributed by atoms with Crippen molar-refractivity contribution in [1.82, 2.24) is 0 Å². The van der Waals surface area contributed by atoms with Crippen molar-refractivity contribution in [2.24, 2.45) is 40.4 Å². The van der Waals surface area contributed by atoms with Gasteiger partial charge in [0, 0.05) is 35.5 Å². The first-order chi connectivity index (χ1) is 13.3. The van der Waals surface area contributed by atoms with Crippen molar-refractivity contribution in [3.05, 3.63) is 23.3 Å². The lowest BCUT2D eigenvalue weighted by Crippen LogP contribution is -2.54. The molecule has 0 radical (unpaired) electrons. The number of hydrogen-bond donors (Lipinski definition) is 0. The first kappa shape index (κ1) is 17.0. The highest BCUT2D eigenvalue weighted by molar-refractivity contribution is 5.92. The monoisotopic (exact) mass is 377 g/mol. The number of nitrogens with zero attached hydrogens (tertiary/aromatic N) is 1. The van der Waals surface area contributed by atoms with E-state index in [1.807, 2.05) is 6.08 Å². The maximum atomic E-state index is 12.1. The Bertz CT molecular complexity index is 925. The van der Waals surface area contributed by atoms with Crippen LogP contribution in [0.1, 0.15) is 58.8 Å². The lowest BCUT2D eigenvalue weighted by Gasteiger charge is -2.57. The molecule has 0 aromatic carbocycles. The standard InChI is InChI=1S/C24H27NO3/c1-22-6-3-15(26)10-14(22)9-13(12-25)20-17(22)4-7-23(2)21(20)16-11-18(16)24(23)8-5-19(27)28-24/h4,10,13,16,18,20-21H,3,5-9,11H2,1-2H3/t13?,16-,18+,20?,21?,22+,23+,24+/m1/s1. The molecule has 4 heteroatoms. The minimum absolute atomic E-state index is 0.0363. The van der Waals surface area contributed by atoms with Crippen LogP contribution in [0.4, 0.5) is 0 Å². The molecule has 5 aliphatic carbocycles. The van der Waals surface area contributed by atoms with Crippen molar-refractivity contribution in [2.75, 3.05) is 0 Å². The Labute approximate surface area is 166 Å². The van der Waals surface area contributed by atoms with Crippen LogP contribution in [0.3, 0.4) is 0 Å². The van der Waals surface area contributed by atoms with E-state index in [1.165, 1.54) is 11.1 Å². The van der Waals surface area contributed by atoms with Gasteiger partial charge in [-0.1, -0.05) is 31.1 Å². The van der Waals surface area contributed by atoms with E-state index >= 15 is 0 Å². The van der Waals surface area contributed by atoms with Crippen molar-refractivity contribution in [2.45, 2.75) is 64.4 Å². The number of fused-ring (bicyclic) bond motifs is 9. The zero-order valence-electron chi connectivity index (χ0n) is 16.7. The molecule has 8 atom stereocenters. The average molecular weight is 377 g/mol. The second-order valence-electron chi connectivity index (χ2n) is 10.6. The van der Waals surface area contributed by atoms with Gasteiger partial charge in [-0.2, -0.15) is 5.26 Å². The molecule has 1 aliphatic heterocycles. The fourth-order valence-corrected chi connectivity index (χ4v) is 8.33. The molecule has 146 valence electrons. The first-order valence-corrected chi connectivity index (χ1v) is 10.9. The highest BCUT2D eigenvalue weighted by Crippen LogP contribution is 2.78. The second kappa shape index (κ2) is 4.99. The van der Waals surface area contributed by atoms with E-state index in [0.29, 0.717) is 30.6 Å². The molecule has 1 heterocycles. The summed E-state index contributed by atoms with van der Waals surface area (Å²) in [5.41, 5.74) is 2.16. The van der Waals surface area contributed by atoms with E-state index in [0.717, 1.165) is 32.1 Å². The molecule has 0 N–H and O–H groups in total. The normalized spacial score (nSPS) is 53.2. The molecule has 6 aliphatic rings. The van der Waals surface area contributed by atoms with Crippen LogP contribution in [0.5, 0.6) is 0 Å². The van der Waals surface area contributed by atoms with Crippen LogP contribution < -0.4 is 0 Å². The van der Waals surface area contributed by atoms with Gasteiger partial charge in [0.25, 0.3) is 0 Å². The number of ketones is 1. The molecule has 3 unspecified atom stereocenters. The Morgan fingerprint density at radius 3 is 2.75 bits per heavy atom. The smallest absolute Gasteiger partial charge is 0.306 e. The highest BCUT2D eigenvalue weighted by Gasteiger charge is 2.78. The maximum Gasteiger partial charge on any atom is 0.306 e. The average Bonchev–Trinajstić information content (AvgIpc) is 3.30. The van der Waals surface area contributed by atoms with E-state index < -0.39 is 0 Å². The van der Waals surface area contributed by atoms with E-state index in [-0.39, 0.29) is 40.0 Å². The Hall–Kier alpha value is -1.89. The van der Waals surface area contributed by atoms with E-state index in [1.54, 1.807) is 0 Å². The predicted octanol–water partition coefficient (Wildman–Crippen LogP) is 4.12. The summed E-state index contributed by atoms with van der Waals surface area (Å²) < 4.78 is 6.12. The van der Waals surface area contributed by atoms with Crippen LogP contribution in [0.2, 0.25) is 0 Å². The molecule has 4 nitrogen and oxygen atoms in total. The van der Waals surface area contributed by atoms with Gasteiger partial charge in [0.2, 0.25) is 0 Å². The summed E-state index contributed by atoms with van der Waals surface area (Å²) in [4.78, 5) is 24.2. The molecule has 1 spiro atoms. The number of esters is 1. The topological polar surface area (TPSA) is 67.2 Å². The summed E-state index contributed by atoms with van der Waals surface area (Å²) in [6, 6.07) is 2.62. The number of carbonyl (C=O) groups is 2. The van der Waals surface area contributed by atoms with Crippen molar-refractivity contribution in [1.29, 1.82) is 5.26 Å². The molecular formula is C24H27NO3. The Morgan fingerprint density at radius 2 is 2.04 bits per heavy atom. The molecule has 6 rings (SSSR count). The number of rotatable bonds is 0. The van der Waals surface area contributed by atoms with Gasteiger partial charge in [-0.15, -0.1) is 0 Å². The van der Waals surface area contributed by atoms with Gasteiger partial charge in [-0.05, 0) is 50.0 Å². The van der Waals surface area contributed by atoms with Gasteiger partial charge < -0.3 is 4.74 Å². The van der Waals surface area contributed by atoms with Gasteiger partial charge in [0.05, 0.1) is 12.0 Å². The summed E-state index contributed by atoms with van der Waals surface area (Å²) in [6.07, 6.45) is 9.90. The van der Waals surface area contributed by atoms with Gasteiger partial charge in [-0.25, -0.2) is 0 Å². The van der Waals surface area contributed by atoms with Crippen LogP contribution in [-0.2, 0) is 14.3 Å². The van der Waals surface area contributed by atoms with Crippen LogP contribution in [-0.4, -0.2) is 17.4 Å². The fraction of sp³-hybridized carbons (Fsp3) is 0.708. The third-order valence-corrected chi connectivity index (χ3v) is 9.68. The predicted molar refractivity (Wildman–Crippen MR) is 102 cm³/mol. The van der Waals surface area contributed by atoms with Gasteiger partial charge in [-0.3, -0.25) is 9.59 Å². The summed E-state index contributed by atoms with van der Waals surface area (Å²) in [6.45, 7) is 4.63. The highest BCUT2D eigenvalue weighted by atomic mass is 16.6. The van der Waals surface area contributed by atoms with Crippen molar-refractivity contribution in [3.63, 3.8) is 0 Å². The first-order valence-electron chi connectivity index (χ1n) is 10.9. The molecule has 28 heavy (non-hydrogen) atoms. The van der Waals surface area contributed by atoms with Crippen LogP contribution in [0.15, 0.2) is 23.3 Å². The molecule has 0 bridgehead atoms. The third kappa shape index (κ3) is 1.74. The number of carbonyl (C=O) groups excluding carboxylic acids is 2. The summed E-state index contributed by atoms with van der Waals surface area (Å²) in [7, 11) is 0. The van der Waals surface area contributed by atoms with E-state index in [9.17, 15) is 14.9 Å². The minimum Gasteiger partial charge on any atom is -0.458 e. The molecule has 0 aromatic heterocycles. The number of ether oxygens (including phenoxy) is 1. The van der Waals surface area contributed by atoms with Crippen molar-refractivity contribution < 1.29 is 14.3 Å². The van der Waals surface area contributed by atoms with Crippen LogP contribution in [0, 0.1) is 51.8 Å². The SMILES string of the molecule is C[C@]12CCC(=O)C=C1CC(C#N)C1C2=CC[C@@]2(C)C1[C@@H]1C[C@@H]1[C@@]21CCC(=O)O1. The van der Waals surface area contributed by atoms with Crippen LogP contribution >= 0.6 is 0 Å². The minimum atomic E-state index is -0.305. The maximum absolute atomic E-state index is 12.1. The summed E-state index contributed by atoms with van der Waals surface area (Å²) >= 11 is 0. The lowest BCUT2D eigenvalue weighted by molar-refractivity contribution is -0.166.